The Balaban J connectivity index is 1.79. The number of hydrogen-bond donors (Lipinski definition) is 1. The number of aryl methyl sites for hydroxylation is 1. The Morgan fingerprint density at radius 1 is 1.12 bits per heavy atom. The van der Waals surface area contributed by atoms with Crippen molar-refractivity contribution < 1.29 is 9.72 Å². The minimum atomic E-state index is -0.508. The third kappa shape index (κ3) is 3.53. The average Bonchev–Trinajstić information content (AvgIpc) is 2.62. The molecular weight excluding hydrogens is 318 g/mol. The van der Waals surface area contributed by atoms with Gasteiger partial charge in [0.1, 0.15) is 0 Å². The predicted molar refractivity (Wildman–Crippen MR) is 96.8 cm³/mol. The largest absolute Gasteiger partial charge is 0.273 e. The van der Waals surface area contributed by atoms with Crippen molar-refractivity contribution in [3.05, 3.63) is 87.5 Å². The lowest BCUT2D eigenvalue weighted by atomic mass is 10.1. The summed E-state index contributed by atoms with van der Waals surface area (Å²) in [5, 5.41) is 17.0. The van der Waals surface area contributed by atoms with Gasteiger partial charge in [0.25, 0.3) is 11.6 Å². The van der Waals surface area contributed by atoms with Crippen molar-refractivity contribution in [1.82, 2.24) is 5.43 Å². The second-order valence-electron chi connectivity index (χ2n) is 5.53. The number of nitrogens with one attached hydrogen (secondary N) is 1. The van der Waals surface area contributed by atoms with E-state index in [-0.39, 0.29) is 11.3 Å². The molecule has 0 aliphatic heterocycles. The van der Waals surface area contributed by atoms with Crippen LogP contribution >= 0.6 is 0 Å². The van der Waals surface area contributed by atoms with E-state index in [0.717, 1.165) is 16.3 Å². The zero-order valence-electron chi connectivity index (χ0n) is 13.5. The molecule has 3 aromatic rings. The van der Waals surface area contributed by atoms with Crippen LogP contribution in [0.3, 0.4) is 0 Å². The summed E-state index contributed by atoms with van der Waals surface area (Å²) in [7, 11) is 0. The normalized spacial score (nSPS) is 10.9. The summed E-state index contributed by atoms with van der Waals surface area (Å²) >= 11 is 0. The van der Waals surface area contributed by atoms with Crippen LogP contribution in [0, 0.1) is 17.0 Å². The molecule has 0 aromatic heterocycles. The van der Waals surface area contributed by atoms with E-state index in [1.165, 1.54) is 12.1 Å². The van der Waals surface area contributed by atoms with Crippen LogP contribution in [0.4, 0.5) is 5.69 Å². The van der Waals surface area contributed by atoms with Crippen LogP contribution in [0.5, 0.6) is 0 Å². The minimum absolute atomic E-state index is 0.0920. The first-order chi connectivity index (χ1) is 12.1. The molecule has 0 aliphatic carbocycles. The van der Waals surface area contributed by atoms with Gasteiger partial charge >= 0.3 is 0 Å². The molecule has 0 saturated heterocycles. The number of benzene rings is 3. The molecule has 0 unspecified atom stereocenters. The summed E-state index contributed by atoms with van der Waals surface area (Å²) < 4.78 is 0. The standard InChI is InChI=1S/C19H15N3O3/c1-13-9-10-15(11-18(13)22(24)25)19(23)21-20-12-16-7-4-6-14-5-2-3-8-17(14)16/h2-12H,1H3,(H,21,23)/b20-12+. The van der Waals surface area contributed by atoms with Gasteiger partial charge in [-0.15, -0.1) is 0 Å². The van der Waals surface area contributed by atoms with Crippen LogP contribution in [-0.2, 0) is 0 Å². The van der Waals surface area contributed by atoms with Crippen molar-refractivity contribution in [2.24, 2.45) is 5.10 Å². The fourth-order valence-corrected chi connectivity index (χ4v) is 2.54. The molecule has 1 amide bonds. The van der Waals surface area contributed by atoms with Crippen molar-refractivity contribution in [3.63, 3.8) is 0 Å². The minimum Gasteiger partial charge on any atom is -0.267 e. The zero-order valence-corrected chi connectivity index (χ0v) is 13.5. The molecule has 0 radical (unpaired) electrons. The lowest BCUT2D eigenvalue weighted by molar-refractivity contribution is -0.385. The molecule has 0 spiro atoms. The predicted octanol–water partition coefficient (Wildman–Crippen LogP) is 3.82. The van der Waals surface area contributed by atoms with E-state index in [4.69, 9.17) is 0 Å². The van der Waals surface area contributed by atoms with E-state index in [2.05, 4.69) is 10.5 Å². The molecule has 0 aliphatic rings. The van der Waals surface area contributed by atoms with Gasteiger partial charge in [0.15, 0.2) is 0 Å². The van der Waals surface area contributed by atoms with Crippen molar-refractivity contribution in [1.29, 1.82) is 0 Å². The fraction of sp³-hybridized carbons (Fsp3) is 0.0526. The number of nitrogens with zero attached hydrogens (tertiary/aromatic N) is 2. The van der Waals surface area contributed by atoms with Crippen LogP contribution in [0.15, 0.2) is 65.8 Å². The van der Waals surface area contributed by atoms with Gasteiger partial charge in [-0.2, -0.15) is 5.10 Å². The molecular formula is C19H15N3O3. The zero-order chi connectivity index (χ0) is 17.8. The Kier molecular flexibility index (Phi) is 4.52. The number of fused-ring (bicyclic) bond motifs is 1. The number of nitro groups is 1. The van der Waals surface area contributed by atoms with Gasteiger partial charge in [-0.25, -0.2) is 5.43 Å². The summed E-state index contributed by atoms with van der Waals surface area (Å²) in [6, 6.07) is 18.0. The summed E-state index contributed by atoms with van der Waals surface area (Å²) in [5.41, 5.74) is 3.87. The number of hydrazone groups is 1. The highest BCUT2D eigenvalue weighted by molar-refractivity contribution is 6.00. The van der Waals surface area contributed by atoms with Crippen LogP contribution < -0.4 is 5.43 Å². The summed E-state index contributed by atoms with van der Waals surface area (Å²) in [6.07, 6.45) is 1.56. The maximum absolute atomic E-state index is 12.1. The van der Waals surface area contributed by atoms with Gasteiger partial charge in [-0.3, -0.25) is 14.9 Å². The quantitative estimate of drug-likeness (QED) is 0.447. The lowest BCUT2D eigenvalue weighted by Gasteiger charge is -2.03. The first-order valence-electron chi connectivity index (χ1n) is 7.62. The molecule has 0 heterocycles. The number of nitro benzene ring substituents is 1. The molecule has 6 nitrogen and oxygen atoms in total. The van der Waals surface area contributed by atoms with Gasteiger partial charge < -0.3 is 0 Å². The summed E-state index contributed by atoms with van der Waals surface area (Å²) in [6.45, 7) is 1.62. The third-order valence-corrected chi connectivity index (χ3v) is 3.86. The van der Waals surface area contributed by atoms with Gasteiger partial charge in [0.2, 0.25) is 0 Å². The van der Waals surface area contributed by atoms with Gasteiger partial charge in [-0.1, -0.05) is 48.5 Å². The van der Waals surface area contributed by atoms with E-state index in [9.17, 15) is 14.9 Å². The highest BCUT2D eigenvalue weighted by Gasteiger charge is 2.14. The maximum atomic E-state index is 12.1. The number of hydrogen-bond acceptors (Lipinski definition) is 4. The fourth-order valence-electron chi connectivity index (χ4n) is 2.54. The maximum Gasteiger partial charge on any atom is 0.273 e. The molecule has 3 rings (SSSR count). The highest BCUT2D eigenvalue weighted by Crippen LogP contribution is 2.19. The first kappa shape index (κ1) is 16.3. The lowest BCUT2D eigenvalue weighted by Crippen LogP contribution is -2.17. The second kappa shape index (κ2) is 6.92. The van der Waals surface area contributed by atoms with Crippen LogP contribution in [0.25, 0.3) is 10.8 Å². The van der Waals surface area contributed by atoms with Gasteiger partial charge in [0.05, 0.1) is 11.1 Å². The Morgan fingerprint density at radius 3 is 2.68 bits per heavy atom. The smallest absolute Gasteiger partial charge is 0.267 e. The average molecular weight is 333 g/mol. The Labute approximate surface area is 143 Å². The third-order valence-electron chi connectivity index (χ3n) is 3.86. The highest BCUT2D eigenvalue weighted by atomic mass is 16.6. The monoisotopic (exact) mass is 333 g/mol. The van der Waals surface area contributed by atoms with E-state index in [0.29, 0.717) is 5.56 Å². The first-order valence-corrected chi connectivity index (χ1v) is 7.62. The molecule has 6 heteroatoms. The van der Waals surface area contributed by atoms with E-state index in [1.54, 1.807) is 19.2 Å². The molecule has 1 N–H and O–H groups in total. The van der Waals surface area contributed by atoms with Gasteiger partial charge in [0, 0.05) is 22.8 Å². The number of carbonyl (C=O) groups is 1. The van der Waals surface area contributed by atoms with Crippen molar-refractivity contribution >= 4 is 28.6 Å². The van der Waals surface area contributed by atoms with Crippen LogP contribution in [0.1, 0.15) is 21.5 Å². The van der Waals surface area contributed by atoms with Crippen molar-refractivity contribution in [2.45, 2.75) is 6.92 Å². The topological polar surface area (TPSA) is 84.6 Å². The van der Waals surface area contributed by atoms with Gasteiger partial charge in [-0.05, 0) is 23.8 Å². The SMILES string of the molecule is Cc1ccc(C(=O)N/N=C/c2cccc3ccccc23)cc1[N+](=O)[O-]. The molecule has 0 bridgehead atoms. The second-order valence-corrected chi connectivity index (χ2v) is 5.53. The van der Waals surface area contributed by atoms with Crippen LogP contribution in [0.2, 0.25) is 0 Å². The summed E-state index contributed by atoms with van der Waals surface area (Å²) in [4.78, 5) is 22.6. The van der Waals surface area contributed by atoms with Crippen molar-refractivity contribution in [3.8, 4) is 0 Å². The molecule has 124 valence electrons. The molecule has 25 heavy (non-hydrogen) atoms. The van der Waals surface area contributed by atoms with E-state index >= 15 is 0 Å². The van der Waals surface area contributed by atoms with E-state index < -0.39 is 10.8 Å². The molecule has 3 aromatic carbocycles. The Morgan fingerprint density at radius 2 is 1.88 bits per heavy atom. The Bertz CT molecular complexity index is 991. The number of carbonyl (C=O) groups excluding carboxylic acids is 1. The summed E-state index contributed by atoms with van der Waals surface area (Å²) in [5.74, 6) is -0.500. The molecule has 0 saturated carbocycles. The molecule has 0 fully saturated rings. The van der Waals surface area contributed by atoms with E-state index in [1.807, 2.05) is 42.5 Å². The number of rotatable bonds is 4. The number of amides is 1. The van der Waals surface area contributed by atoms with Crippen molar-refractivity contribution in [2.75, 3.05) is 0 Å². The Hall–Kier alpha value is -3.54. The van der Waals surface area contributed by atoms with Crippen LogP contribution in [-0.4, -0.2) is 17.0 Å². The molecule has 0 atom stereocenters.